The van der Waals surface area contributed by atoms with E-state index in [1.54, 1.807) is 11.8 Å². The van der Waals surface area contributed by atoms with Crippen molar-refractivity contribution >= 4 is 12.0 Å². The van der Waals surface area contributed by atoms with E-state index in [0.717, 1.165) is 18.4 Å². The third-order valence-electron chi connectivity index (χ3n) is 3.94. The molecule has 0 aliphatic carbocycles. The zero-order valence-electron chi connectivity index (χ0n) is 13.7. The summed E-state index contributed by atoms with van der Waals surface area (Å²) in [6, 6.07) is 9.46. The molecule has 0 saturated carbocycles. The van der Waals surface area contributed by atoms with Crippen LogP contribution in [0.3, 0.4) is 0 Å². The first kappa shape index (κ1) is 17.3. The molecule has 0 spiro atoms. The predicted molar refractivity (Wildman–Crippen MR) is 86.0 cm³/mol. The van der Waals surface area contributed by atoms with Crippen molar-refractivity contribution in [2.24, 2.45) is 0 Å². The summed E-state index contributed by atoms with van der Waals surface area (Å²) >= 11 is 0. The zero-order valence-corrected chi connectivity index (χ0v) is 13.7. The molecule has 1 aliphatic heterocycles. The lowest BCUT2D eigenvalue weighted by Crippen LogP contribution is -2.47. The number of ether oxygens (including phenoxy) is 2. The van der Waals surface area contributed by atoms with Gasteiger partial charge in [-0.25, -0.2) is 4.79 Å². The monoisotopic (exact) mass is 320 g/mol. The number of nitrogens with zero attached hydrogens (tertiary/aromatic N) is 1. The molecule has 0 bridgehead atoms. The Kier molecular flexibility index (Phi) is 6.40. The molecule has 0 radical (unpaired) electrons. The lowest BCUT2D eigenvalue weighted by Gasteiger charge is -2.32. The number of nitrogens with one attached hydrogen (secondary N) is 1. The highest BCUT2D eigenvalue weighted by atomic mass is 16.6. The van der Waals surface area contributed by atoms with Gasteiger partial charge >= 0.3 is 6.09 Å². The molecule has 1 heterocycles. The van der Waals surface area contributed by atoms with Crippen LogP contribution in [0, 0.1) is 0 Å². The molecule has 23 heavy (non-hydrogen) atoms. The van der Waals surface area contributed by atoms with Gasteiger partial charge in [-0.3, -0.25) is 4.79 Å². The lowest BCUT2D eigenvalue weighted by molar-refractivity contribution is -0.132. The van der Waals surface area contributed by atoms with Crippen LogP contribution in [0.5, 0.6) is 0 Å². The van der Waals surface area contributed by atoms with Gasteiger partial charge in [-0.05, 0) is 25.3 Å². The normalized spacial score (nSPS) is 16.7. The molecule has 1 unspecified atom stereocenters. The molecule has 1 saturated heterocycles. The maximum atomic E-state index is 12.4. The first-order chi connectivity index (χ1) is 11.2. The maximum Gasteiger partial charge on any atom is 0.409 e. The largest absolute Gasteiger partial charge is 0.450 e. The molecular weight excluding hydrogens is 296 g/mol. The van der Waals surface area contributed by atoms with Crippen molar-refractivity contribution < 1.29 is 19.1 Å². The first-order valence-electron chi connectivity index (χ1n) is 7.95. The first-order valence-corrected chi connectivity index (χ1v) is 7.95. The second-order valence-corrected chi connectivity index (χ2v) is 5.50. The number of likely N-dealkylation sites (tertiary alicyclic amines) is 1. The van der Waals surface area contributed by atoms with E-state index in [-0.39, 0.29) is 18.0 Å². The van der Waals surface area contributed by atoms with Crippen molar-refractivity contribution in [3.63, 3.8) is 0 Å². The van der Waals surface area contributed by atoms with Crippen LogP contribution in [0.2, 0.25) is 0 Å². The molecule has 1 fully saturated rings. The van der Waals surface area contributed by atoms with Gasteiger partial charge in [0.15, 0.2) is 6.10 Å². The van der Waals surface area contributed by atoms with Gasteiger partial charge in [-0.2, -0.15) is 0 Å². The fourth-order valence-electron chi connectivity index (χ4n) is 2.72. The second kappa shape index (κ2) is 8.53. The summed E-state index contributed by atoms with van der Waals surface area (Å²) in [5.41, 5.74) is 0.830. The van der Waals surface area contributed by atoms with Crippen molar-refractivity contribution in [2.45, 2.75) is 31.9 Å². The maximum absolute atomic E-state index is 12.4. The number of carbonyl (C=O) groups excluding carboxylic acids is 2. The van der Waals surface area contributed by atoms with Crippen LogP contribution in [-0.4, -0.2) is 49.7 Å². The molecule has 0 aromatic heterocycles. The Balaban J connectivity index is 1.85. The van der Waals surface area contributed by atoms with Crippen molar-refractivity contribution in [3.8, 4) is 0 Å². The molecule has 1 aromatic rings. The van der Waals surface area contributed by atoms with Crippen LogP contribution in [0.15, 0.2) is 30.3 Å². The highest BCUT2D eigenvalue weighted by molar-refractivity contribution is 5.82. The van der Waals surface area contributed by atoms with E-state index in [0.29, 0.717) is 19.7 Å². The van der Waals surface area contributed by atoms with E-state index in [1.165, 1.54) is 7.11 Å². The summed E-state index contributed by atoms with van der Waals surface area (Å²) in [5.74, 6) is -0.145. The highest BCUT2D eigenvalue weighted by Gasteiger charge is 2.27. The van der Waals surface area contributed by atoms with Gasteiger partial charge in [0.25, 0.3) is 5.91 Å². The fraction of sp³-hybridized carbons (Fsp3) is 0.529. The average molecular weight is 320 g/mol. The molecule has 6 heteroatoms. The zero-order chi connectivity index (χ0) is 16.7. The summed E-state index contributed by atoms with van der Waals surface area (Å²) in [5, 5.41) is 3.02. The van der Waals surface area contributed by atoms with Crippen LogP contribution < -0.4 is 5.32 Å². The highest BCUT2D eigenvalue weighted by Crippen LogP contribution is 2.18. The summed E-state index contributed by atoms with van der Waals surface area (Å²) in [7, 11) is 1.53. The molecule has 2 amide bonds. The van der Waals surface area contributed by atoms with Crippen LogP contribution >= 0.6 is 0 Å². The van der Waals surface area contributed by atoms with E-state index in [2.05, 4.69) is 5.32 Å². The van der Waals surface area contributed by atoms with Crippen molar-refractivity contribution in [2.75, 3.05) is 26.8 Å². The third-order valence-corrected chi connectivity index (χ3v) is 3.94. The lowest BCUT2D eigenvalue weighted by atomic mass is 10.0. The standard InChI is InChI=1S/C17H24N2O4/c1-3-23-17(21)19-11-9-14(10-12-19)18-16(20)15(22-2)13-7-5-4-6-8-13/h4-8,14-15H,3,9-12H2,1-2H3,(H,18,20). The number of hydrogen-bond donors (Lipinski definition) is 1. The molecule has 1 aromatic carbocycles. The number of benzene rings is 1. The van der Waals surface area contributed by atoms with Gasteiger partial charge in [0.2, 0.25) is 0 Å². The smallest absolute Gasteiger partial charge is 0.409 e. The number of rotatable bonds is 5. The van der Waals surface area contributed by atoms with Crippen LogP contribution in [0.4, 0.5) is 4.79 Å². The van der Waals surface area contributed by atoms with Gasteiger partial charge in [0.1, 0.15) is 0 Å². The fourth-order valence-corrected chi connectivity index (χ4v) is 2.72. The quantitative estimate of drug-likeness (QED) is 0.902. The Morgan fingerprint density at radius 3 is 2.48 bits per heavy atom. The van der Waals surface area contributed by atoms with Crippen LogP contribution in [-0.2, 0) is 14.3 Å². The molecule has 126 valence electrons. The third kappa shape index (κ3) is 4.69. The average Bonchev–Trinajstić information content (AvgIpc) is 2.57. The van der Waals surface area contributed by atoms with Crippen molar-refractivity contribution in [1.82, 2.24) is 10.2 Å². The Hall–Kier alpha value is -2.08. The van der Waals surface area contributed by atoms with Gasteiger partial charge in [-0.1, -0.05) is 30.3 Å². The number of amides is 2. The van der Waals surface area contributed by atoms with E-state index in [4.69, 9.17) is 9.47 Å². The van der Waals surface area contributed by atoms with E-state index < -0.39 is 6.10 Å². The van der Waals surface area contributed by atoms with E-state index >= 15 is 0 Å². The minimum Gasteiger partial charge on any atom is -0.450 e. The second-order valence-electron chi connectivity index (χ2n) is 5.50. The van der Waals surface area contributed by atoms with Gasteiger partial charge < -0.3 is 19.7 Å². The summed E-state index contributed by atoms with van der Waals surface area (Å²) in [4.78, 5) is 25.8. The van der Waals surface area contributed by atoms with Gasteiger partial charge in [0.05, 0.1) is 6.61 Å². The Labute approximate surface area is 136 Å². The molecule has 6 nitrogen and oxygen atoms in total. The molecule has 2 rings (SSSR count). The molecule has 1 atom stereocenters. The predicted octanol–water partition coefficient (Wildman–Crippen LogP) is 2.11. The van der Waals surface area contributed by atoms with E-state index in [1.807, 2.05) is 30.3 Å². The van der Waals surface area contributed by atoms with Gasteiger partial charge in [-0.15, -0.1) is 0 Å². The van der Waals surface area contributed by atoms with Crippen molar-refractivity contribution in [1.29, 1.82) is 0 Å². The van der Waals surface area contributed by atoms with Gasteiger partial charge in [0, 0.05) is 26.2 Å². The number of carbonyl (C=O) groups is 2. The Morgan fingerprint density at radius 1 is 1.26 bits per heavy atom. The SMILES string of the molecule is CCOC(=O)N1CCC(NC(=O)C(OC)c2ccccc2)CC1. The molecule has 1 aliphatic rings. The summed E-state index contributed by atoms with van der Waals surface area (Å²) < 4.78 is 10.3. The van der Waals surface area contributed by atoms with Crippen LogP contribution in [0.1, 0.15) is 31.4 Å². The number of hydrogen-bond acceptors (Lipinski definition) is 4. The van der Waals surface area contributed by atoms with E-state index in [9.17, 15) is 9.59 Å². The molecule has 1 N–H and O–H groups in total. The number of piperidine rings is 1. The summed E-state index contributed by atoms with van der Waals surface area (Å²) in [6.45, 7) is 3.35. The summed E-state index contributed by atoms with van der Waals surface area (Å²) in [6.07, 6.45) is 0.543. The minimum absolute atomic E-state index is 0.0505. The topological polar surface area (TPSA) is 67.9 Å². The molecular formula is C17H24N2O4. The van der Waals surface area contributed by atoms with Crippen molar-refractivity contribution in [3.05, 3.63) is 35.9 Å². The number of methoxy groups -OCH3 is 1. The minimum atomic E-state index is -0.612. The Morgan fingerprint density at radius 2 is 1.91 bits per heavy atom. The van der Waals surface area contributed by atoms with Crippen LogP contribution in [0.25, 0.3) is 0 Å². The Bertz CT molecular complexity index is 513.